The Morgan fingerprint density at radius 2 is 1.42 bits per heavy atom. The van der Waals surface area contributed by atoms with Crippen molar-refractivity contribution in [3.05, 3.63) is 104 Å². The molecule has 2 nitrogen and oxygen atoms in total. The molecule has 0 aliphatic heterocycles. The van der Waals surface area contributed by atoms with E-state index in [0.29, 0.717) is 39.6 Å². The molecule has 4 rings (SSSR count). The van der Waals surface area contributed by atoms with Crippen LogP contribution in [0.25, 0.3) is 0 Å². The van der Waals surface area contributed by atoms with Crippen molar-refractivity contribution in [1.29, 1.82) is 0 Å². The molecule has 1 fully saturated rings. The van der Waals surface area contributed by atoms with Crippen LogP contribution in [0.1, 0.15) is 52.2 Å². The van der Waals surface area contributed by atoms with Gasteiger partial charge < -0.3 is 4.90 Å². The van der Waals surface area contributed by atoms with Crippen molar-refractivity contribution in [2.45, 2.75) is 38.1 Å². The molecule has 1 aliphatic carbocycles. The fourth-order valence-electron chi connectivity index (χ4n) is 3.88. The van der Waals surface area contributed by atoms with Crippen LogP contribution >= 0.6 is 34.8 Å². The third kappa shape index (κ3) is 5.83. The number of amides is 1. The number of carbonyl (C=O) groups is 1. The maximum absolute atomic E-state index is 13.3. The molecule has 160 valence electrons. The maximum Gasteiger partial charge on any atom is 0.254 e. The third-order valence-electron chi connectivity index (χ3n) is 5.91. The lowest BCUT2D eigenvalue weighted by Crippen LogP contribution is -2.32. The highest BCUT2D eigenvalue weighted by Gasteiger charge is 2.20. The Bertz CT molecular complexity index is 1020. The van der Waals surface area contributed by atoms with Crippen LogP contribution in [-0.2, 0) is 13.0 Å². The molecule has 0 saturated heterocycles. The summed E-state index contributed by atoms with van der Waals surface area (Å²) in [5, 5.41) is 1.62. The van der Waals surface area contributed by atoms with Crippen molar-refractivity contribution in [1.82, 2.24) is 4.90 Å². The first-order valence-corrected chi connectivity index (χ1v) is 11.7. The van der Waals surface area contributed by atoms with Gasteiger partial charge >= 0.3 is 0 Å². The van der Waals surface area contributed by atoms with Crippen molar-refractivity contribution in [2.24, 2.45) is 0 Å². The summed E-state index contributed by atoms with van der Waals surface area (Å²) in [6, 6.07) is 21.4. The van der Waals surface area contributed by atoms with Gasteiger partial charge in [0, 0.05) is 33.7 Å². The number of rotatable bonds is 7. The molecule has 31 heavy (non-hydrogen) atoms. The predicted octanol–water partition coefficient (Wildman–Crippen LogP) is 7.80. The number of hydrogen-bond acceptors (Lipinski definition) is 1. The van der Waals surface area contributed by atoms with Gasteiger partial charge in [-0.15, -0.1) is 0 Å². The topological polar surface area (TPSA) is 20.3 Å². The van der Waals surface area contributed by atoms with Gasteiger partial charge in [0.25, 0.3) is 5.91 Å². The highest BCUT2D eigenvalue weighted by atomic mass is 35.5. The van der Waals surface area contributed by atoms with Crippen molar-refractivity contribution < 1.29 is 4.79 Å². The molecule has 0 unspecified atom stereocenters. The van der Waals surface area contributed by atoms with Crippen molar-refractivity contribution >= 4 is 40.7 Å². The van der Waals surface area contributed by atoms with Crippen molar-refractivity contribution in [3.8, 4) is 0 Å². The van der Waals surface area contributed by atoms with Crippen LogP contribution in [0.3, 0.4) is 0 Å². The van der Waals surface area contributed by atoms with Crippen molar-refractivity contribution in [3.63, 3.8) is 0 Å². The summed E-state index contributed by atoms with van der Waals surface area (Å²) in [5.41, 5.74) is 4.14. The summed E-state index contributed by atoms with van der Waals surface area (Å²) in [6.07, 6.45) is 4.61. The van der Waals surface area contributed by atoms with Crippen LogP contribution in [0.15, 0.2) is 66.7 Å². The van der Waals surface area contributed by atoms with E-state index in [1.165, 1.54) is 24.8 Å². The van der Waals surface area contributed by atoms with Gasteiger partial charge in [-0.3, -0.25) is 4.79 Å². The van der Waals surface area contributed by atoms with E-state index < -0.39 is 0 Å². The third-order valence-corrected chi connectivity index (χ3v) is 6.60. The molecule has 1 aliphatic rings. The van der Waals surface area contributed by atoms with Gasteiger partial charge in [-0.05, 0) is 72.2 Å². The maximum atomic E-state index is 13.3. The lowest BCUT2D eigenvalue weighted by molar-refractivity contribution is 0.0745. The monoisotopic (exact) mass is 471 g/mol. The van der Waals surface area contributed by atoms with Crippen LogP contribution in [0.5, 0.6) is 0 Å². The van der Waals surface area contributed by atoms with E-state index >= 15 is 0 Å². The average Bonchev–Trinajstić information content (AvgIpc) is 2.71. The summed E-state index contributed by atoms with van der Waals surface area (Å²) >= 11 is 18.3. The highest BCUT2D eigenvalue weighted by molar-refractivity contribution is 6.35. The molecule has 0 N–H and O–H groups in total. The molecule has 1 amide bonds. The number of hydrogen-bond donors (Lipinski definition) is 0. The zero-order chi connectivity index (χ0) is 21.8. The van der Waals surface area contributed by atoms with Gasteiger partial charge in [0.05, 0.1) is 0 Å². The van der Waals surface area contributed by atoms with Gasteiger partial charge in [0.2, 0.25) is 0 Å². The molecule has 3 aromatic rings. The summed E-state index contributed by atoms with van der Waals surface area (Å²) in [5.74, 6) is 0.617. The molecular weight excluding hydrogens is 449 g/mol. The molecule has 0 atom stereocenters. The van der Waals surface area contributed by atoms with E-state index in [1.54, 1.807) is 18.2 Å². The normalized spacial score (nSPS) is 13.6. The average molecular weight is 473 g/mol. The lowest BCUT2D eigenvalue weighted by atomic mass is 9.80. The Balaban J connectivity index is 1.53. The molecule has 0 aromatic heterocycles. The van der Waals surface area contributed by atoms with E-state index in [1.807, 2.05) is 29.2 Å². The zero-order valence-corrected chi connectivity index (χ0v) is 19.4. The Morgan fingerprint density at radius 1 is 0.806 bits per heavy atom. The number of carbonyl (C=O) groups excluding carboxylic acids is 1. The quantitative estimate of drug-likeness (QED) is 0.343. The Kier molecular flexibility index (Phi) is 7.22. The Labute approximate surface area is 198 Å². The van der Waals surface area contributed by atoms with Crippen LogP contribution in [0, 0.1) is 0 Å². The molecule has 0 spiro atoms. The summed E-state index contributed by atoms with van der Waals surface area (Å²) in [7, 11) is 0. The molecule has 0 heterocycles. The SMILES string of the molecule is O=C(c1cc(Cl)cc(Cl)c1)N(CCc1ccc(Cl)cc1)Cc1ccc(C2CCC2)cc1. The second-order valence-electron chi connectivity index (χ2n) is 8.13. The van der Waals surface area contributed by atoms with Crippen molar-refractivity contribution in [2.75, 3.05) is 6.54 Å². The molecule has 5 heteroatoms. The summed E-state index contributed by atoms with van der Waals surface area (Å²) in [6.45, 7) is 1.11. The van der Waals surface area contributed by atoms with Crippen LogP contribution < -0.4 is 0 Å². The second kappa shape index (κ2) is 10.1. The largest absolute Gasteiger partial charge is 0.334 e. The van der Waals surface area contributed by atoms with E-state index in [-0.39, 0.29) is 5.91 Å². The zero-order valence-electron chi connectivity index (χ0n) is 17.2. The van der Waals surface area contributed by atoms with E-state index in [9.17, 15) is 4.79 Å². The highest BCUT2D eigenvalue weighted by Crippen LogP contribution is 2.36. The smallest absolute Gasteiger partial charge is 0.254 e. The first kappa shape index (κ1) is 22.2. The fraction of sp³-hybridized carbons (Fsp3) is 0.269. The predicted molar refractivity (Wildman–Crippen MR) is 129 cm³/mol. The first-order chi connectivity index (χ1) is 15.0. The lowest BCUT2D eigenvalue weighted by Gasteiger charge is -2.27. The molecular formula is C26H24Cl3NO. The van der Waals surface area contributed by atoms with Gasteiger partial charge in [0.15, 0.2) is 0 Å². The molecule has 1 saturated carbocycles. The van der Waals surface area contributed by atoms with Gasteiger partial charge in [-0.2, -0.15) is 0 Å². The molecule has 3 aromatic carbocycles. The minimum Gasteiger partial charge on any atom is -0.334 e. The minimum absolute atomic E-state index is 0.0820. The van der Waals surface area contributed by atoms with E-state index in [2.05, 4.69) is 24.3 Å². The van der Waals surface area contributed by atoms with E-state index in [0.717, 1.165) is 17.5 Å². The number of nitrogens with zero attached hydrogens (tertiary/aromatic N) is 1. The summed E-state index contributed by atoms with van der Waals surface area (Å²) < 4.78 is 0. The number of benzene rings is 3. The minimum atomic E-state index is -0.0820. The van der Waals surface area contributed by atoms with Gasteiger partial charge in [0.1, 0.15) is 0 Å². The molecule has 0 bridgehead atoms. The second-order valence-corrected chi connectivity index (χ2v) is 9.44. The fourth-order valence-corrected chi connectivity index (χ4v) is 4.54. The van der Waals surface area contributed by atoms with Crippen LogP contribution in [0.2, 0.25) is 15.1 Å². The van der Waals surface area contributed by atoms with Gasteiger partial charge in [-0.1, -0.05) is 77.6 Å². The number of halogens is 3. The standard InChI is InChI=1S/C26H24Cl3NO/c27-23-10-6-18(7-11-23)12-13-30(26(31)22-14-24(28)16-25(29)15-22)17-19-4-8-21(9-5-19)20-2-1-3-20/h4-11,14-16,20H,1-3,12-13,17H2. The van der Waals surface area contributed by atoms with Crippen LogP contribution in [0.4, 0.5) is 0 Å². The van der Waals surface area contributed by atoms with Crippen LogP contribution in [-0.4, -0.2) is 17.4 Å². The van der Waals surface area contributed by atoms with Gasteiger partial charge in [-0.25, -0.2) is 0 Å². The Hall–Kier alpha value is -2.00. The molecule has 0 radical (unpaired) electrons. The summed E-state index contributed by atoms with van der Waals surface area (Å²) in [4.78, 5) is 15.2. The first-order valence-electron chi connectivity index (χ1n) is 10.6. The van der Waals surface area contributed by atoms with E-state index in [4.69, 9.17) is 34.8 Å². The Morgan fingerprint density at radius 3 is 2.00 bits per heavy atom.